The maximum Gasteiger partial charge on any atom is 0.333 e. The van der Waals surface area contributed by atoms with Crippen LogP contribution in [0, 0.1) is 0 Å². The average Bonchev–Trinajstić information content (AvgIpc) is 2.24. The fourth-order valence-corrected chi connectivity index (χ4v) is 4.27. The molecular weight excluding hydrogens is 220 g/mol. The molecule has 16 heavy (non-hydrogen) atoms. The molecule has 0 aromatic carbocycles. The summed E-state index contributed by atoms with van der Waals surface area (Å²) in [7, 11) is 1.00. The van der Waals surface area contributed by atoms with Crippen molar-refractivity contribution in [2.24, 2.45) is 0 Å². The Morgan fingerprint density at radius 2 is 2.06 bits per heavy atom. The Labute approximate surface area is 100 Å². The van der Waals surface area contributed by atoms with Gasteiger partial charge in [-0.25, -0.2) is 4.79 Å². The third kappa shape index (κ3) is 7.65. The van der Waals surface area contributed by atoms with Crippen LogP contribution in [0.1, 0.15) is 26.7 Å². The molecule has 0 aliphatic carbocycles. The molecule has 0 amide bonds. The average molecular weight is 244 g/mol. The van der Waals surface area contributed by atoms with Crippen LogP contribution >= 0.6 is 0 Å². The lowest BCUT2D eigenvalue weighted by Crippen LogP contribution is -2.20. The van der Waals surface area contributed by atoms with Crippen molar-refractivity contribution in [3.63, 3.8) is 0 Å². The molecule has 1 atom stereocenters. The molecule has 4 heteroatoms. The predicted octanol–water partition coefficient (Wildman–Crippen LogP) is 2.32. The summed E-state index contributed by atoms with van der Waals surface area (Å²) in [6.07, 6.45) is 3.12. The number of ether oxygens (including phenoxy) is 2. The van der Waals surface area contributed by atoms with Crippen molar-refractivity contribution in [1.29, 1.82) is 0 Å². The minimum Gasteiger partial charge on any atom is -0.462 e. The smallest absolute Gasteiger partial charge is 0.333 e. The van der Waals surface area contributed by atoms with E-state index >= 15 is 0 Å². The van der Waals surface area contributed by atoms with Gasteiger partial charge in [-0.2, -0.15) is 0 Å². The summed E-state index contributed by atoms with van der Waals surface area (Å²) in [5.74, 6) is -0.277. The Kier molecular flexibility index (Phi) is 9.23. The second kappa shape index (κ2) is 9.60. The fraction of sp³-hybridized carbons (Fsp3) is 0.750. The van der Waals surface area contributed by atoms with Crippen LogP contribution < -0.4 is 0 Å². The van der Waals surface area contributed by atoms with E-state index in [1.54, 1.807) is 14.0 Å². The van der Waals surface area contributed by atoms with Crippen molar-refractivity contribution in [1.82, 2.24) is 0 Å². The number of hydrogen-bond acceptors (Lipinski definition) is 3. The number of carbonyl (C=O) groups excluding carboxylic acids is 1. The second-order valence-corrected chi connectivity index (χ2v) is 7.39. The van der Waals surface area contributed by atoms with Gasteiger partial charge < -0.3 is 9.47 Å². The van der Waals surface area contributed by atoms with E-state index in [1.165, 1.54) is 18.5 Å². The van der Waals surface area contributed by atoms with Crippen LogP contribution in [-0.4, -0.2) is 34.7 Å². The zero-order valence-corrected chi connectivity index (χ0v) is 11.9. The van der Waals surface area contributed by atoms with Crippen LogP contribution in [0.15, 0.2) is 12.2 Å². The maximum absolute atomic E-state index is 11.1. The van der Waals surface area contributed by atoms with E-state index in [4.69, 9.17) is 9.47 Å². The van der Waals surface area contributed by atoms with E-state index in [0.29, 0.717) is 12.2 Å². The van der Waals surface area contributed by atoms with Gasteiger partial charge in [0.2, 0.25) is 0 Å². The molecule has 0 aliphatic heterocycles. The minimum absolute atomic E-state index is 0.277. The zero-order chi connectivity index (χ0) is 12.4. The normalized spacial score (nSPS) is 12.2. The van der Waals surface area contributed by atoms with Crippen LogP contribution in [0.3, 0.4) is 0 Å². The summed E-state index contributed by atoms with van der Waals surface area (Å²) in [6, 6.07) is 2.49. The molecule has 1 unspecified atom stereocenters. The molecule has 0 rings (SSSR count). The topological polar surface area (TPSA) is 35.5 Å². The molecule has 0 radical (unpaired) electrons. The molecule has 0 heterocycles. The van der Waals surface area contributed by atoms with Crippen LogP contribution in [-0.2, 0) is 14.3 Å². The quantitative estimate of drug-likeness (QED) is 0.270. The van der Waals surface area contributed by atoms with Crippen LogP contribution in [0.25, 0.3) is 0 Å². The SMILES string of the molecule is C=C(C)C(=O)OCCC[SiH](CCC)COC. The monoisotopic (exact) mass is 244 g/mol. The van der Waals surface area contributed by atoms with Gasteiger partial charge in [0.25, 0.3) is 0 Å². The van der Waals surface area contributed by atoms with E-state index in [-0.39, 0.29) is 5.97 Å². The van der Waals surface area contributed by atoms with E-state index in [0.717, 1.165) is 12.7 Å². The Morgan fingerprint density at radius 1 is 1.38 bits per heavy atom. The van der Waals surface area contributed by atoms with Crippen molar-refractivity contribution in [3.05, 3.63) is 12.2 Å². The molecule has 0 aromatic heterocycles. The molecule has 0 saturated heterocycles. The molecule has 0 bridgehead atoms. The van der Waals surface area contributed by atoms with Crippen molar-refractivity contribution in [2.45, 2.75) is 38.8 Å². The Balaban J connectivity index is 3.61. The summed E-state index contributed by atoms with van der Waals surface area (Å²) >= 11 is 0. The molecule has 0 saturated carbocycles. The van der Waals surface area contributed by atoms with Gasteiger partial charge in [-0.3, -0.25) is 0 Å². The van der Waals surface area contributed by atoms with E-state index in [2.05, 4.69) is 13.5 Å². The van der Waals surface area contributed by atoms with Crippen molar-refractivity contribution in [2.75, 3.05) is 19.9 Å². The first kappa shape index (κ1) is 15.4. The first-order valence-electron chi connectivity index (χ1n) is 5.93. The molecule has 94 valence electrons. The lowest BCUT2D eigenvalue weighted by Gasteiger charge is -2.13. The van der Waals surface area contributed by atoms with Gasteiger partial charge in [-0.15, -0.1) is 0 Å². The highest BCUT2D eigenvalue weighted by molar-refractivity contribution is 6.58. The lowest BCUT2D eigenvalue weighted by molar-refractivity contribution is -0.138. The van der Waals surface area contributed by atoms with Crippen LogP contribution in [0.5, 0.6) is 0 Å². The maximum atomic E-state index is 11.1. The van der Waals surface area contributed by atoms with Crippen molar-refractivity contribution < 1.29 is 14.3 Å². The molecule has 0 aliphatic rings. The largest absolute Gasteiger partial charge is 0.462 e. The molecule has 0 spiro atoms. The van der Waals surface area contributed by atoms with Crippen molar-refractivity contribution in [3.8, 4) is 0 Å². The van der Waals surface area contributed by atoms with E-state index in [1.807, 2.05) is 0 Å². The molecule has 0 aromatic rings. The summed E-state index contributed by atoms with van der Waals surface area (Å²) in [4.78, 5) is 11.1. The highest BCUT2D eigenvalue weighted by atomic mass is 28.3. The zero-order valence-electron chi connectivity index (χ0n) is 10.8. The van der Waals surface area contributed by atoms with E-state index in [9.17, 15) is 4.79 Å². The molecule has 0 N–H and O–H groups in total. The summed E-state index contributed by atoms with van der Waals surface area (Å²) in [5, 5.41) is 0. The number of rotatable bonds is 9. The summed E-state index contributed by atoms with van der Waals surface area (Å²) in [5.41, 5.74) is 0.472. The molecule has 3 nitrogen and oxygen atoms in total. The fourth-order valence-electron chi connectivity index (χ4n) is 1.62. The Hall–Kier alpha value is -0.613. The number of carbonyl (C=O) groups is 1. The van der Waals surface area contributed by atoms with Gasteiger partial charge in [0.05, 0.1) is 15.4 Å². The first-order chi connectivity index (χ1) is 7.61. The number of esters is 1. The van der Waals surface area contributed by atoms with Gasteiger partial charge in [-0.05, 0) is 13.3 Å². The Bertz CT molecular complexity index is 210. The molecule has 0 fully saturated rings. The standard InChI is InChI=1S/C12H24O3Si/c1-5-8-16(10-14-4)9-6-7-15-12(13)11(2)3/h16H,2,5-10H2,1,3-4H3. The third-order valence-electron chi connectivity index (χ3n) is 2.44. The number of hydrogen-bond donors (Lipinski definition) is 0. The first-order valence-corrected chi connectivity index (χ1v) is 8.38. The van der Waals surface area contributed by atoms with Gasteiger partial charge in [0, 0.05) is 18.9 Å². The van der Waals surface area contributed by atoms with Crippen LogP contribution in [0.2, 0.25) is 12.1 Å². The summed E-state index contributed by atoms with van der Waals surface area (Å²) < 4.78 is 10.3. The van der Waals surface area contributed by atoms with Crippen molar-refractivity contribution >= 4 is 14.8 Å². The van der Waals surface area contributed by atoms with Gasteiger partial charge in [-0.1, -0.05) is 32.0 Å². The highest BCUT2D eigenvalue weighted by Crippen LogP contribution is 2.07. The van der Waals surface area contributed by atoms with E-state index < -0.39 is 8.80 Å². The third-order valence-corrected chi connectivity index (χ3v) is 5.86. The van der Waals surface area contributed by atoms with Crippen LogP contribution in [0.4, 0.5) is 0 Å². The minimum atomic E-state index is -0.757. The van der Waals surface area contributed by atoms with Gasteiger partial charge in [0.1, 0.15) is 0 Å². The number of methoxy groups -OCH3 is 1. The van der Waals surface area contributed by atoms with Gasteiger partial charge in [0.15, 0.2) is 0 Å². The predicted molar refractivity (Wildman–Crippen MR) is 69.3 cm³/mol. The highest BCUT2D eigenvalue weighted by Gasteiger charge is 2.10. The summed E-state index contributed by atoms with van der Waals surface area (Å²) in [6.45, 7) is 7.93. The van der Waals surface area contributed by atoms with Gasteiger partial charge >= 0.3 is 5.97 Å². The Morgan fingerprint density at radius 3 is 2.56 bits per heavy atom. The lowest BCUT2D eigenvalue weighted by atomic mass is 10.4. The second-order valence-electron chi connectivity index (χ2n) is 4.17. The molecular formula is C12H24O3Si.